The highest BCUT2D eigenvalue weighted by Crippen LogP contribution is 2.20. The molecule has 0 bridgehead atoms. The summed E-state index contributed by atoms with van der Waals surface area (Å²) in [5, 5.41) is 16.0. The lowest BCUT2D eigenvalue weighted by Gasteiger charge is -2.33. The predicted molar refractivity (Wildman–Crippen MR) is 111 cm³/mol. The van der Waals surface area contributed by atoms with Crippen LogP contribution < -0.4 is 5.32 Å². The van der Waals surface area contributed by atoms with Crippen molar-refractivity contribution in [2.24, 2.45) is 0 Å². The van der Waals surface area contributed by atoms with Crippen LogP contribution in [-0.2, 0) is 16.1 Å². The number of rotatable bonds is 4. The maximum atomic E-state index is 13.9. The smallest absolute Gasteiger partial charge is 0.407 e. The number of aromatic nitrogens is 2. The fraction of sp³-hybridized carbons (Fsp3) is 0.455. The summed E-state index contributed by atoms with van der Waals surface area (Å²) in [6.07, 6.45) is 2.72. The highest BCUT2D eigenvalue weighted by molar-refractivity contribution is 5.76. The van der Waals surface area contributed by atoms with E-state index in [1.54, 1.807) is 50.1 Å². The molecule has 0 unspecified atom stereocenters. The lowest BCUT2D eigenvalue weighted by molar-refractivity contribution is -0.133. The van der Waals surface area contributed by atoms with E-state index in [4.69, 9.17) is 10.00 Å². The second-order valence-electron chi connectivity index (χ2n) is 8.53. The molecule has 1 atom stereocenters. The maximum absolute atomic E-state index is 13.9. The van der Waals surface area contributed by atoms with E-state index in [0.29, 0.717) is 24.3 Å². The summed E-state index contributed by atoms with van der Waals surface area (Å²) < 4.78 is 20.6. The van der Waals surface area contributed by atoms with Crippen LogP contribution in [0.15, 0.2) is 30.5 Å². The molecule has 0 radical (unpaired) electrons. The molecule has 1 aromatic heterocycles. The molecule has 1 fully saturated rings. The molecule has 31 heavy (non-hydrogen) atoms. The molecule has 1 saturated heterocycles. The Morgan fingerprint density at radius 3 is 2.81 bits per heavy atom. The molecule has 1 aromatic carbocycles. The molecule has 0 aliphatic carbocycles. The van der Waals surface area contributed by atoms with Crippen molar-refractivity contribution >= 4 is 12.0 Å². The van der Waals surface area contributed by atoms with E-state index in [9.17, 15) is 14.0 Å². The molecule has 2 amide bonds. The van der Waals surface area contributed by atoms with E-state index in [1.165, 1.54) is 16.8 Å². The predicted octanol–water partition coefficient (Wildman–Crippen LogP) is 3.08. The number of carbonyl (C=O) groups is 2. The van der Waals surface area contributed by atoms with Gasteiger partial charge in [-0.3, -0.25) is 9.48 Å². The summed E-state index contributed by atoms with van der Waals surface area (Å²) in [5.41, 5.74) is 0.434. The van der Waals surface area contributed by atoms with Crippen molar-refractivity contribution in [1.82, 2.24) is 20.0 Å². The van der Waals surface area contributed by atoms with E-state index in [-0.39, 0.29) is 24.1 Å². The summed E-state index contributed by atoms with van der Waals surface area (Å²) in [5.74, 6) is -0.723. The van der Waals surface area contributed by atoms with Gasteiger partial charge in [-0.2, -0.15) is 10.4 Å². The number of likely N-dealkylation sites (tertiary alicyclic amines) is 1. The Balaban J connectivity index is 1.58. The minimum absolute atomic E-state index is 0.0296. The highest BCUT2D eigenvalue weighted by atomic mass is 19.1. The SMILES string of the molecule is CC(C)(C)OC(=O)N[C@@H]1CCCN(C(=O)Cn2ccc(-c3ccc(C#N)c(F)c3)n2)C1. The average Bonchev–Trinajstić information content (AvgIpc) is 3.15. The topological polar surface area (TPSA) is 100 Å². The van der Waals surface area contributed by atoms with E-state index < -0.39 is 17.5 Å². The van der Waals surface area contributed by atoms with E-state index in [0.717, 1.165) is 12.8 Å². The Hall–Kier alpha value is -3.41. The highest BCUT2D eigenvalue weighted by Gasteiger charge is 2.26. The average molecular weight is 427 g/mol. The van der Waals surface area contributed by atoms with Gasteiger partial charge in [0.05, 0.1) is 11.3 Å². The summed E-state index contributed by atoms with van der Waals surface area (Å²) >= 11 is 0. The first-order chi connectivity index (χ1) is 14.6. The van der Waals surface area contributed by atoms with Gasteiger partial charge < -0.3 is 15.0 Å². The number of hydrogen-bond acceptors (Lipinski definition) is 5. The third-order valence-electron chi connectivity index (χ3n) is 4.82. The zero-order chi connectivity index (χ0) is 22.6. The van der Waals surface area contributed by atoms with Crippen molar-refractivity contribution in [3.63, 3.8) is 0 Å². The number of hydrogen-bond donors (Lipinski definition) is 1. The number of nitrogens with zero attached hydrogens (tertiary/aromatic N) is 4. The molecule has 1 aliphatic rings. The van der Waals surface area contributed by atoms with Crippen LogP contribution in [0.4, 0.5) is 9.18 Å². The summed E-state index contributed by atoms with van der Waals surface area (Å²) in [4.78, 5) is 26.4. The zero-order valence-corrected chi connectivity index (χ0v) is 17.9. The lowest BCUT2D eigenvalue weighted by atomic mass is 10.1. The van der Waals surface area contributed by atoms with Crippen molar-refractivity contribution in [3.8, 4) is 17.3 Å². The number of carbonyl (C=O) groups excluding carboxylic acids is 2. The molecule has 9 heteroatoms. The van der Waals surface area contributed by atoms with E-state index in [1.807, 2.05) is 0 Å². The molecule has 2 heterocycles. The Kier molecular flexibility index (Phi) is 6.59. The fourth-order valence-corrected chi connectivity index (χ4v) is 3.40. The van der Waals surface area contributed by atoms with E-state index in [2.05, 4.69) is 10.4 Å². The van der Waals surface area contributed by atoms with Crippen molar-refractivity contribution in [2.75, 3.05) is 13.1 Å². The number of piperidine rings is 1. The lowest BCUT2D eigenvalue weighted by Crippen LogP contribution is -2.51. The van der Waals surface area contributed by atoms with Gasteiger partial charge in [0.2, 0.25) is 5.91 Å². The van der Waals surface area contributed by atoms with Crippen molar-refractivity contribution in [2.45, 2.75) is 51.8 Å². The largest absolute Gasteiger partial charge is 0.444 e. The van der Waals surface area contributed by atoms with Crippen LogP contribution in [-0.4, -0.2) is 51.4 Å². The normalized spacial score (nSPS) is 16.5. The molecular weight excluding hydrogens is 401 g/mol. The van der Waals surface area contributed by atoms with E-state index >= 15 is 0 Å². The Labute approximate surface area is 180 Å². The van der Waals surface area contributed by atoms with Crippen LogP contribution in [0, 0.1) is 17.1 Å². The first-order valence-corrected chi connectivity index (χ1v) is 10.2. The zero-order valence-electron chi connectivity index (χ0n) is 17.9. The number of alkyl carbamates (subject to hydrolysis) is 1. The van der Waals surface area contributed by atoms with Gasteiger partial charge in [-0.05, 0) is 51.8 Å². The van der Waals surface area contributed by atoms with Crippen LogP contribution in [0.25, 0.3) is 11.3 Å². The molecule has 3 rings (SSSR count). The van der Waals surface area contributed by atoms with Gasteiger partial charge in [0.15, 0.2) is 0 Å². The molecule has 1 aliphatic heterocycles. The van der Waals surface area contributed by atoms with Crippen LogP contribution in [0.3, 0.4) is 0 Å². The number of ether oxygens (including phenoxy) is 1. The molecule has 164 valence electrons. The van der Waals surface area contributed by atoms with Gasteiger partial charge in [0, 0.05) is 30.9 Å². The summed E-state index contributed by atoms with van der Waals surface area (Å²) in [6.45, 7) is 6.46. The molecule has 0 saturated carbocycles. The molecule has 8 nitrogen and oxygen atoms in total. The van der Waals surface area contributed by atoms with Gasteiger partial charge in [-0.1, -0.05) is 6.07 Å². The monoisotopic (exact) mass is 427 g/mol. The Morgan fingerprint density at radius 1 is 1.35 bits per heavy atom. The number of nitriles is 1. The van der Waals surface area contributed by atoms with Crippen LogP contribution in [0.2, 0.25) is 0 Å². The van der Waals surface area contributed by atoms with Crippen LogP contribution >= 0.6 is 0 Å². The molecular formula is C22H26FN5O3. The van der Waals surface area contributed by atoms with Crippen molar-refractivity contribution < 1.29 is 18.7 Å². The van der Waals surface area contributed by atoms with Gasteiger partial charge >= 0.3 is 6.09 Å². The van der Waals surface area contributed by atoms with Crippen LogP contribution in [0.5, 0.6) is 0 Å². The Morgan fingerprint density at radius 2 is 2.13 bits per heavy atom. The number of benzene rings is 1. The molecule has 1 N–H and O–H groups in total. The van der Waals surface area contributed by atoms with Crippen molar-refractivity contribution in [3.05, 3.63) is 41.8 Å². The Bertz CT molecular complexity index is 1010. The second-order valence-corrected chi connectivity index (χ2v) is 8.53. The molecule has 0 spiro atoms. The number of halogens is 1. The molecule has 2 aromatic rings. The third-order valence-corrected chi connectivity index (χ3v) is 4.82. The van der Waals surface area contributed by atoms with Gasteiger partial charge in [0.25, 0.3) is 0 Å². The fourth-order valence-electron chi connectivity index (χ4n) is 3.40. The van der Waals surface area contributed by atoms with Crippen LogP contribution in [0.1, 0.15) is 39.2 Å². The number of nitrogens with one attached hydrogen (secondary N) is 1. The first-order valence-electron chi connectivity index (χ1n) is 10.2. The van der Waals surface area contributed by atoms with Gasteiger partial charge in [0.1, 0.15) is 24.0 Å². The minimum Gasteiger partial charge on any atom is -0.444 e. The van der Waals surface area contributed by atoms with Gasteiger partial charge in [-0.25, -0.2) is 9.18 Å². The maximum Gasteiger partial charge on any atom is 0.407 e. The summed E-state index contributed by atoms with van der Waals surface area (Å²) in [7, 11) is 0. The van der Waals surface area contributed by atoms with Crippen molar-refractivity contribution in [1.29, 1.82) is 5.26 Å². The minimum atomic E-state index is -0.609. The van der Waals surface area contributed by atoms with Gasteiger partial charge in [-0.15, -0.1) is 0 Å². The second kappa shape index (κ2) is 9.16. The number of amides is 2. The summed E-state index contributed by atoms with van der Waals surface area (Å²) in [6, 6.07) is 7.59. The third kappa shape index (κ3) is 6.04. The first kappa shape index (κ1) is 22.3. The quantitative estimate of drug-likeness (QED) is 0.808. The standard InChI is InChI=1S/C22H26FN5O3/c1-22(2,3)31-21(30)25-17-5-4-9-27(13-17)20(29)14-28-10-8-19(26-28)15-6-7-16(12-24)18(23)11-15/h6-8,10-11,17H,4-5,9,13-14H2,1-3H3,(H,25,30)/t17-/m1/s1.